The molecule has 1 aliphatic heterocycles. The highest BCUT2D eigenvalue weighted by Crippen LogP contribution is 2.24. The second kappa shape index (κ2) is 3.90. The molecule has 0 aliphatic carbocycles. The molecule has 0 spiro atoms. The zero-order valence-electron chi connectivity index (χ0n) is 8.50. The molecule has 1 heterocycles. The van der Waals surface area contributed by atoms with Gasteiger partial charge < -0.3 is 0 Å². The minimum absolute atomic E-state index is 0.273. The summed E-state index contributed by atoms with van der Waals surface area (Å²) >= 11 is 0. The smallest absolute Gasteiger partial charge is 0.266 e. The third kappa shape index (κ3) is 2.54. The highest BCUT2D eigenvalue weighted by Gasteiger charge is 2.42. The van der Waals surface area contributed by atoms with Crippen LogP contribution in [0.15, 0.2) is 0 Å². The van der Waals surface area contributed by atoms with Crippen molar-refractivity contribution in [2.75, 3.05) is 12.3 Å². The fraction of sp³-hybridized carbons (Fsp3) is 0.750. The van der Waals surface area contributed by atoms with E-state index in [0.717, 1.165) is 4.90 Å². The Bertz CT molecular complexity index is 368. The second-order valence-corrected chi connectivity index (χ2v) is 5.26. The van der Waals surface area contributed by atoms with Crippen LogP contribution in [-0.4, -0.2) is 42.0 Å². The van der Waals surface area contributed by atoms with E-state index in [1.54, 1.807) is 13.8 Å². The van der Waals surface area contributed by atoms with E-state index < -0.39 is 27.7 Å². The van der Waals surface area contributed by atoms with E-state index in [2.05, 4.69) is 0 Å². The molecule has 7 heteroatoms. The van der Waals surface area contributed by atoms with Crippen LogP contribution >= 0.6 is 0 Å². The van der Waals surface area contributed by atoms with Gasteiger partial charge in [-0.15, -0.1) is 0 Å². The lowest BCUT2D eigenvalue weighted by molar-refractivity contribution is -0.139. The standard InChI is InChI=1S/C8H13NO5S/c1-5-6(2)8(11)9(7(5)10)3-4-15(12,13)14/h5-6H,3-4H2,1-2H3,(H,12,13,14). The molecule has 0 saturated carbocycles. The van der Waals surface area contributed by atoms with Crippen LogP contribution in [0.4, 0.5) is 0 Å². The van der Waals surface area contributed by atoms with E-state index in [-0.39, 0.29) is 18.4 Å². The van der Waals surface area contributed by atoms with Crippen LogP contribution in [0.5, 0.6) is 0 Å². The topological polar surface area (TPSA) is 91.8 Å². The van der Waals surface area contributed by atoms with Crippen molar-refractivity contribution in [1.29, 1.82) is 0 Å². The van der Waals surface area contributed by atoms with Crippen LogP contribution in [0.1, 0.15) is 13.8 Å². The van der Waals surface area contributed by atoms with Crippen LogP contribution < -0.4 is 0 Å². The summed E-state index contributed by atoms with van der Waals surface area (Å²) in [5.41, 5.74) is 0. The summed E-state index contributed by atoms with van der Waals surface area (Å²) in [6.45, 7) is 2.97. The number of carbonyl (C=O) groups is 2. The first-order chi connectivity index (χ1) is 6.74. The number of amides is 2. The van der Waals surface area contributed by atoms with Gasteiger partial charge in [-0.2, -0.15) is 8.42 Å². The molecule has 1 N–H and O–H groups in total. The average Bonchev–Trinajstić information content (AvgIpc) is 2.28. The molecule has 86 valence electrons. The number of hydrogen-bond acceptors (Lipinski definition) is 4. The summed E-state index contributed by atoms with van der Waals surface area (Å²) in [5.74, 6) is -2.20. The Morgan fingerprint density at radius 2 is 1.60 bits per heavy atom. The van der Waals surface area contributed by atoms with Gasteiger partial charge in [-0.3, -0.25) is 19.0 Å². The van der Waals surface area contributed by atoms with Gasteiger partial charge in [0.05, 0.1) is 5.75 Å². The fourth-order valence-electron chi connectivity index (χ4n) is 1.45. The molecule has 1 saturated heterocycles. The van der Waals surface area contributed by atoms with Gasteiger partial charge in [0.25, 0.3) is 10.1 Å². The number of carbonyl (C=O) groups excluding carboxylic acids is 2. The van der Waals surface area contributed by atoms with E-state index in [1.165, 1.54) is 0 Å². The molecule has 2 atom stereocenters. The summed E-state index contributed by atoms with van der Waals surface area (Å²) in [6, 6.07) is 0. The normalized spacial score (nSPS) is 27.5. The van der Waals surface area contributed by atoms with E-state index in [9.17, 15) is 18.0 Å². The van der Waals surface area contributed by atoms with Crippen molar-refractivity contribution in [1.82, 2.24) is 4.90 Å². The third-order valence-corrected chi connectivity index (χ3v) is 3.33. The fourth-order valence-corrected chi connectivity index (χ4v) is 1.87. The monoisotopic (exact) mass is 235 g/mol. The summed E-state index contributed by atoms with van der Waals surface area (Å²) in [7, 11) is -4.14. The Labute approximate surface area is 88.0 Å². The molecule has 6 nitrogen and oxygen atoms in total. The molecule has 1 aliphatic rings. The van der Waals surface area contributed by atoms with E-state index in [1.807, 2.05) is 0 Å². The SMILES string of the molecule is CC1C(=O)N(CCS(=O)(=O)O)C(=O)C1C. The highest BCUT2D eigenvalue weighted by molar-refractivity contribution is 7.85. The first-order valence-electron chi connectivity index (χ1n) is 4.54. The maximum Gasteiger partial charge on any atom is 0.266 e. The second-order valence-electron chi connectivity index (χ2n) is 3.69. The van der Waals surface area contributed by atoms with Gasteiger partial charge in [-0.05, 0) is 0 Å². The lowest BCUT2D eigenvalue weighted by Crippen LogP contribution is -2.35. The number of likely N-dealkylation sites (tertiary alicyclic amines) is 1. The molecular formula is C8H13NO5S. The van der Waals surface area contributed by atoms with Gasteiger partial charge in [0, 0.05) is 18.4 Å². The lowest BCUT2D eigenvalue weighted by atomic mass is 10.00. The van der Waals surface area contributed by atoms with Crippen LogP contribution in [0, 0.1) is 11.8 Å². The molecular weight excluding hydrogens is 222 g/mol. The van der Waals surface area contributed by atoms with Crippen molar-refractivity contribution in [3.05, 3.63) is 0 Å². The molecule has 0 bridgehead atoms. The Hall–Kier alpha value is -0.950. The third-order valence-electron chi connectivity index (χ3n) is 2.63. The summed E-state index contributed by atoms with van der Waals surface area (Å²) in [6.07, 6.45) is 0. The Morgan fingerprint density at radius 3 is 1.93 bits per heavy atom. The zero-order valence-corrected chi connectivity index (χ0v) is 9.32. The molecule has 1 rings (SSSR count). The molecule has 0 aromatic carbocycles. The van der Waals surface area contributed by atoms with Crippen molar-refractivity contribution < 1.29 is 22.6 Å². The molecule has 2 unspecified atom stereocenters. The number of rotatable bonds is 3. The van der Waals surface area contributed by atoms with Gasteiger partial charge >= 0.3 is 0 Å². The van der Waals surface area contributed by atoms with Crippen LogP contribution in [0.25, 0.3) is 0 Å². The predicted molar refractivity (Wildman–Crippen MR) is 51.5 cm³/mol. The van der Waals surface area contributed by atoms with Gasteiger partial charge in [0.2, 0.25) is 11.8 Å². The number of hydrogen-bond donors (Lipinski definition) is 1. The molecule has 0 radical (unpaired) electrons. The zero-order chi connectivity index (χ0) is 11.8. The van der Waals surface area contributed by atoms with Gasteiger partial charge in [0.1, 0.15) is 0 Å². The van der Waals surface area contributed by atoms with Crippen molar-refractivity contribution in [2.45, 2.75) is 13.8 Å². The van der Waals surface area contributed by atoms with Crippen LogP contribution in [0.2, 0.25) is 0 Å². The minimum Gasteiger partial charge on any atom is -0.285 e. The number of imide groups is 1. The first-order valence-corrected chi connectivity index (χ1v) is 6.15. The molecule has 0 aromatic rings. The van der Waals surface area contributed by atoms with Crippen molar-refractivity contribution in [2.24, 2.45) is 11.8 Å². The Morgan fingerprint density at radius 1 is 1.20 bits per heavy atom. The first kappa shape index (κ1) is 12.1. The van der Waals surface area contributed by atoms with Gasteiger partial charge in [0.15, 0.2) is 0 Å². The maximum absolute atomic E-state index is 11.5. The summed E-state index contributed by atoms with van der Waals surface area (Å²) < 4.78 is 29.4. The summed E-state index contributed by atoms with van der Waals surface area (Å²) in [4.78, 5) is 23.8. The molecule has 2 amide bonds. The highest BCUT2D eigenvalue weighted by atomic mass is 32.2. The summed E-state index contributed by atoms with van der Waals surface area (Å²) in [5, 5.41) is 0. The van der Waals surface area contributed by atoms with Crippen LogP contribution in [0.3, 0.4) is 0 Å². The molecule has 0 aromatic heterocycles. The van der Waals surface area contributed by atoms with Crippen molar-refractivity contribution >= 4 is 21.9 Å². The van der Waals surface area contributed by atoms with Crippen LogP contribution in [-0.2, 0) is 19.7 Å². The predicted octanol–water partition coefficient (Wildman–Crippen LogP) is -0.485. The van der Waals surface area contributed by atoms with Crippen molar-refractivity contribution in [3.8, 4) is 0 Å². The van der Waals surface area contributed by atoms with Crippen molar-refractivity contribution in [3.63, 3.8) is 0 Å². The minimum atomic E-state index is -4.14. The Kier molecular flexibility index (Phi) is 3.15. The Balaban J connectivity index is 2.72. The maximum atomic E-state index is 11.5. The lowest BCUT2D eigenvalue weighted by Gasteiger charge is -2.12. The largest absolute Gasteiger partial charge is 0.285 e. The van der Waals surface area contributed by atoms with E-state index >= 15 is 0 Å². The molecule has 15 heavy (non-hydrogen) atoms. The van der Waals surface area contributed by atoms with Gasteiger partial charge in [-0.25, -0.2) is 0 Å². The average molecular weight is 235 g/mol. The molecule has 1 fully saturated rings. The van der Waals surface area contributed by atoms with E-state index in [0.29, 0.717) is 0 Å². The quantitative estimate of drug-likeness (QED) is 0.526. The number of nitrogens with zero attached hydrogens (tertiary/aromatic N) is 1. The van der Waals surface area contributed by atoms with E-state index in [4.69, 9.17) is 4.55 Å². The van der Waals surface area contributed by atoms with Gasteiger partial charge in [-0.1, -0.05) is 13.8 Å².